The highest BCUT2D eigenvalue weighted by molar-refractivity contribution is 9.10. The minimum atomic E-state index is 0.0267. The minimum Gasteiger partial charge on any atom is -0.497 e. The molecule has 0 heterocycles. The van der Waals surface area contributed by atoms with Crippen LogP contribution in [0.25, 0.3) is 0 Å². The van der Waals surface area contributed by atoms with Gasteiger partial charge in [0.2, 0.25) is 5.91 Å². The van der Waals surface area contributed by atoms with E-state index in [1.165, 1.54) is 0 Å². The predicted molar refractivity (Wildman–Crippen MR) is 78.0 cm³/mol. The Hall–Kier alpha value is -1.03. The zero-order chi connectivity index (χ0) is 13.8. The molecule has 1 aromatic rings. The van der Waals surface area contributed by atoms with Gasteiger partial charge >= 0.3 is 0 Å². The zero-order valence-electron chi connectivity index (χ0n) is 11.3. The van der Waals surface area contributed by atoms with E-state index in [0.717, 1.165) is 22.3 Å². The van der Waals surface area contributed by atoms with Gasteiger partial charge in [0.05, 0.1) is 12.8 Å². The molecule has 0 saturated carbocycles. The van der Waals surface area contributed by atoms with Crippen LogP contribution in [0.2, 0.25) is 0 Å². The van der Waals surface area contributed by atoms with Gasteiger partial charge in [-0.05, 0) is 39.9 Å². The Kier molecular flexibility index (Phi) is 5.20. The lowest BCUT2D eigenvalue weighted by Gasteiger charge is -2.17. The average molecular weight is 314 g/mol. The van der Waals surface area contributed by atoms with Gasteiger partial charge in [-0.2, -0.15) is 0 Å². The minimum absolute atomic E-state index is 0.0267. The van der Waals surface area contributed by atoms with Crippen molar-refractivity contribution in [2.24, 2.45) is 5.41 Å². The molecule has 0 aliphatic carbocycles. The summed E-state index contributed by atoms with van der Waals surface area (Å²) >= 11 is 3.41. The summed E-state index contributed by atoms with van der Waals surface area (Å²) in [7, 11) is 1.61. The normalized spacial score (nSPS) is 11.2. The Morgan fingerprint density at radius 1 is 1.39 bits per heavy atom. The molecule has 1 amide bonds. The first-order valence-electron chi connectivity index (χ1n) is 5.95. The lowest BCUT2D eigenvalue weighted by Crippen LogP contribution is -2.15. The third kappa shape index (κ3) is 5.08. The van der Waals surface area contributed by atoms with Gasteiger partial charge in [-0.1, -0.05) is 20.8 Å². The van der Waals surface area contributed by atoms with Crippen molar-refractivity contribution in [3.05, 3.63) is 22.7 Å². The van der Waals surface area contributed by atoms with E-state index in [1.807, 2.05) is 12.1 Å². The third-order valence-electron chi connectivity index (χ3n) is 2.55. The smallest absolute Gasteiger partial charge is 0.224 e. The number of anilines is 1. The van der Waals surface area contributed by atoms with E-state index in [0.29, 0.717) is 6.42 Å². The van der Waals surface area contributed by atoms with E-state index >= 15 is 0 Å². The topological polar surface area (TPSA) is 38.3 Å². The second kappa shape index (κ2) is 6.23. The van der Waals surface area contributed by atoms with Crippen molar-refractivity contribution in [2.75, 3.05) is 12.4 Å². The number of methoxy groups -OCH3 is 1. The fourth-order valence-electron chi connectivity index (χ4n) is 1.43. The van der Waals surface area contributed by atoms with Gasteiger partial charge in [0.25, 0.3) is 0 Å². The zero-order valence-corrected chi connectivity index (χ0v) is 12.9. The Bertz CT molecular complexity index is 424. The first-order chi connectivity index (χ1) is 8.31. The summed E-state index contributed by atoms with van der Waals surface area (Å²) in [5.74, 6) is 0.753. The van der Waals surface area contributed by atoms with Crippen LogP contribution in [0.4, 0.5) is 5.69 Å². The van der Waals surface area contributed by atoms with Gasteiger partial charge in [-0.15, -0.1) is 0 Å². The van der Waals surface area contributed by atoms with Crippen LogP contribution in [0.1, 0.15) is 33.6 Å². The van der Waals surface area contributed by atoms with Crippen molar-refractivity contribution in [3.63, 3.8) is 0 Å². The molecule has 0 atom stereocenters. The third-order valence-corrected chi connectivity index (χ3v) is 3.24. The molecule has 1 aromatic carbocycles. The van der Waals surface area contributed by atoms with E-state index in [1.54, 1.807) is 13.2 Å². The summed E-state index contributed by atoms with van der Waals surface area (Å²) < 4.78 is 5.99. The monoisotopic (exact) mass is 313 g/mol. The van der Waals surface area contributed by atoms with Crippen molar-refractivity contribution in [3.8, 4) is 5.75 Å². The average Bonchev–Trinajstić information content (AvgIpc) is 2.28. The number of nitrogens with one attached hydrogen (secondary N) is 1. The highest BCUT2D eigenvalue weighted by Crippen LogP contribution is 2.28. The van der Waals surface area contributed by atoms with Crippen LogP contribution >= 0.6 is 15.9 Å². The van der Waals surface area contributed by atoms with Crippen LogP contribution in [-0.4, -0.2) is 13.0 Å². The lowest BCUT2D eigenvalue weighted by molar-refractivity contribution is -0.116. The number of hydrogen-bond acceptors (Lipinski definition) is 2. The molecule has 1 N–H and O–H groups in total. The van der Waals surface area contributed by atoms with Gasteiger partial charge in [0.15, 0.2) is 0 Å². The molecular formula is C14H20BrNO2. The maximum absolute atomic E-state index is 11.8. The molecule has 1 rings (SSSR count). The Morgan fingerprint density at radius 2 is 2.06 bits per heavy atom. The van der Waals surface area contributed by atoms with E-state index in [9.17, 15) is 4.79 Å². The van der Waals surface area contributed by atoms with E-state index in [4.69, 9.17) is 4.74 Å². The second-order valence-corrected chi connectivity index (χ2v) is 6.31. The first kappa shape index (κ1) is 15.0. The van der Waals surface area contributed by atoms with Crippen LogP contribution < -0.4 is 10.1 Å². The van der Waals surface area contributed by atoms with Gasteiger partial charge in [0.1, 0.15) is 5.75 Å². The molecule has 0 aliphatic rings. The number of carbonyl (C=O) groups excluding carboxylic acids is 1. The van der Waals surface area contributed by atoms with Gasteiger partial charge in [0, 0.05) is 17.0 Å². The SMILES string of the molecule is COc1ccc(Br)c(NC(=O)CCC(C)(C)C)c1. The molecule has 0 fully saturated rings. The Morgan fingerprint density at radius 3 is 2.61 bits per heavy atom. The molecule has 0 saturated heterocycles. The molecule has 0 aliphatic heterocycles. The molecule has 18 heavy (non-hydrogen) atoms. The number of benzene rings is 1. The summed E-state index contributed by atoms with van der Waals surface area (Å²) in [5, 5.41) is 2.89. The summed E-state index contributed by atoms with van der Waals surface area (Å²) in [6.45, 7) is 6.38. The summed E-state index contributed by atoms with van der Waals surface area (Å²) in [5.41, 5.74) is 0.913. The van der Waals surface area contributed by atoms with E-state index in [2.05, 4.69) is 42.0 Å². The molecule has 4 heteroatoms. The van der Waals surface area contributed by atoms with Crippen molar-refractivity contribution < 1.29 is 9.53 Å². The highest BCUT2D eigenvalue weighted by atomic mass is 79.9. The second-order valence-electron chi connectivity index (χ2n) is 5.45. The van der Waals surface area contributed by atoms with Crippen molar-refractivity contribution in [1.82, 2.24) is 0 Å². The van der Waals surface area contributed by atoms with Gasteiger partial charge in [-0.25, -0.2) is 0 Å². The van der Waals surface area contributed by atoms with Crippen LogP contribution in [0.15, 0.2) is 22.7 Å². The Labute approximate surface area is 117 Å². The quantitative estimate of drug-likeness (QED) is 0.903. The molecule has 0 bridgehead atoms. The van der Waals surface area contributed by atoms with Gasteiger partial charge in [-0.3, -0.25) is 4.79 Å². The van der Waals surface area contributed by atoms with E-state index < -0.39 is 0 Å². The van der Waals surface area contributed by atoms with Crippen molar-refractivity contribution in [1.29, 1.82) is 0 Å². The van der Waals surface area contributed by atoms with Gasteiger partial charge < -0.3 is 10.1 Å². The molecule has 100 valence electrons. The number of carbonyl (C=O) groups is 1. The maximum Gasteiger partial charge on any atom is 0.224 e. The largest absolute Gasteiger partial charge is 0.497 e. The highest BCUT2D eigenvalue weighted by Gasteiger charge is 2.13. The van der Waals surface area contributed by atoms with Crippen molar-refractivity contribution >= 4 is 27.5 Å². The van der Waals surface area contributed by atoms with Crippen LogP contribution in [0.5, 0.6) is 5.75 Å². The maximum atomic E-state index is 11.8. The fraction of sp³-hybridized carbons (Fsp3) is 0.500. The number of ether oxygens (including phenoxy) is 1. The first-order valence-corrected chi connectivity index (χ1v) is 6.74. The fourth-order valence-corrected chi connectivity index (χ4v) is 1.77. The molecule has 0 aromatic heterocycles. The summed E-state index contributed by atoms with van der Waals surface area (Å²) in [6.07, 6.45) is 1.38. The molecule has 0 spiro atoms. The number of amides is 1. The summed E-state index contributed by atoms with van der Waals surface area (Å²) in [6, 6.07) is 5.51. The molecule has 0 radical (unpaired) electrons. The van der Waals surface area contributed by atoms with Crippen LogP contribution in [0, 0.1) is 5.41 Å². The molecular weight excluding hydrogens is 294 g/mol. The lowest BCUT2D eigenvalue weighted by atomic mass is 9.90. The predicted octanol–water partition coefficient (Wildman–Crippen LogP) is 4.22. The molecule has 3 nitrogen and oxygen atoms in total. The Balaban J connectivity index is 2.64. The number of rotatable bonds is 4. The van der Waals surface area contributed by atoms with Crippen LogP contribution in [-0.2, 0) is 4.79 Å². The summed E-state index contributed by atoms with van der Waals surface area (Å²) in [4.78, 5) is 11.8. The van der Waals surface area contributed by atoms with Crippen molar-refractivity contribution in [2.45, 2.75) is 33.6 Å². The standard InChI is InChI=1S/C14H20BrNO2/c1-14(2,3)8-7-13(17)16-12-9-10(18-4)5-6-11(12)15/h5-6,9H,7-8H2,1-4H3,(H,16,17). The molecule has 0 unspecified atom stereocenters. The van der Waals surface area contributed by atoms with E-state index in [-0.39, 0.29) is 11.3 Å². The number of hydrogen-bond donors (Lipinski definition) is 1. The van der Waals surface area contributed by atoms with Crippen LogP contribution in [0.3, 0.4) is 0 Å². The number of halogens is 1.